The summed E-state index contributed by atoms with van der Waals surface area (Å²) >= 11 is 0. The quantitative estimate of drug-likeness (QED) is 0.0256. The van der Waals surface area contributed by atoms with Crippen LogP contribution in [0.25, 0.3) is 0 Å². The lowest BCUT2D eigenvalue weighted by atomic mass is 10.0. The topological polar surface area (TPSA) is 111 Å². The van der Waals surface area contributed by atoms with Gasteiger partial charge in [-0.2, -0.15) is 0 Å². The van der Waals surface area contributed by atoms with E-state index in [1.54, 1.807) is 0 Å². The van der Waals surface area contributed by atoms with Crippen molar-refractivity contribution in [3.63, 3.8) is 0 Å². The highest BCUT2D eigenvalue weighted by atomic mass is 31.2. The third-order valence-corrected chi connectivity index (χ3v) is 16.3. The van der Waals surface area contributed by atoms with Crippen molar-refractivity contribution in [2.24, 2.45) is 0 Å². The van der Waals surface area contributed by atoms with Crippen molar-refractivity contribution in [1.82, 2.24) is 0 Å². The van der Waals surface area contributed by atoms with Crippen molar-refractivity contribution < 1.29 is 42.1 Å². The van der Waals surface area contributed by atoms with E-state index in [0.717, 1.165) is 32.1 Å². The molecule has 448 valence electrons. The molecule has 0 aromatic rings. The van der Waals surface area contributed by atoms with Gasteiger partial charge in [0.1, 0.15) is 19.8 Å². The van der Waals surface area contributed by atoms with Crippen molar-refractivity contribution in [3.05, 3.63) is 0 Å². The average Bonchev–Trinajstić information content (AvgIpc) is 3.37. The highest BCUT2D eigenvalue weighted by Crippen LogP contribution is 2.38. The minimum atomic E-state index is -4.63. The normalized spacial score (nSPS) is 13.1. The van der Waals surface area contributed by atoms with E-state index in [-0.39, 0.29) is 32.0 Å². The maximum atomic E-state index is 12.8. The third-order valence-electron chi connectivity index (χ3n) is 15.4. The second-order valence-electron chi connectivity index (χ2n) is 24.2. The van der Waals surface area contributed by atoms with Crippen molar-refractivity contribution in [2.45, 2.75) is 360 Å². The van der Waals surface area contributed by atoms with Crippen LogP contribution in [0.5, 0.6) is 0 Å². The summed E-state index contributed by atoms with van der Waals surface area (Å²) in [4.78, 5) is 38.0. The lowest BCUT2D eigenvalue weighted by Crippen LogP contribution is -2.37. The van der Waals surface area contributed by atoms with Gasteiger partial charge in [0.2, 0.25) is 0 Å². The van der Waals surface area contributed by atoms with E-state index in [4.69, 9.17) is 18.5 Å². The van der Waals surface area contributed by atoms with Gasteiger partial charge < -0.3 is 27.9 Å². The molecular formula is C65H130NO8P. The number of nitrogens with zero attached hydrogens (tertiary/aromatic N) is 1. The largest absolute Gasteiger partial charge is 0.756 e. The van der Waals surface area contributed by atoms with Gasteiger partial charge in [-0.05, 0) is 12.8 Å². The first-order valence-electron chi connectivity index (χ1n) is 33.2. The van der Waals surface area contributed by atoms with Crippen molar-refractivity contribution in [3.8, 4) is 0 Å². The fourth-order valence-corrected chi connectivity index (χ4v) is 11.0. The van der Waals surface area contributed by atoms with E-state index in [1.165, 1.54) is 289 Å². The van der Waals surface area contributed by atoms with E-state index in [0.29, 0.717) is 17.4 Å². The van der Waals surface area contributed by atoms with Crippen LogP contribution < -0.4 is 4.89 Å². The predicted molar refractivity (Wildman–Crippen MR) is 319 cm³/mol. The molecule has 0 aromatic carbocycles. The van der Waals surface area contributed by atoms with Gasteiger partial charge in [0.15, 0.2) is 6.10 Å². The zero-order valence-corrected chi connectivity index (χ0v) is 51.9. The lowest BCUT2D eigenvalue weighted by molar-refractivity contribution is -0.870. The number of phosphoric ester groups is 1. The van der Waals surface area contributed by atoms with Crippen LogP contribution in [0.2, 0.25) is 0 Å². The number of hydrogen-bond acceptors (Lipinski definition) is 8. The number of phosphoric acid groups is 1. The predicted octanol–water partition coefficient (Wildman–Crippen LogP) is 20.4. The summed E-state index contributed by atoms with van der Waals surface area (Å²) in [5.41, 5.74) is 0. The maximum Gasteiger partial charge on any atom is 0.306 e. The molecular weight excluding hydrogens is 954 g/mol. The average molecular weight is 1080 g/mol. The molecule has 0 bridgehead atoms. The fraction of sp³-hybridized carbons (Fsp3) is 0.969. The third kappa shape index (κ3) is 62.1. The Kier molecular flexibility index (Phi) is 56.9. The molecule has 0 N–H and O–H groups in total. The standard InChI is InChI=1S/C65H130NO8P/c1-6-8-10-12-14-16-18-20-22-24-26-27-28-29-30-31-32-33-34-35-36-37-38-40-42-44-46-48-50-52-54-56-58-65(68)74-63(62-73-75(69,70)72-60-59-66(3,4)5)61-71-64(67)57-55-53-51-49-47-45-43-41-39-25-23-21-19-17-15-13-11-9-7-2/h63H,6-62H2,1-5H3. The summed E-state index contributed by atoms with van der Waals surface area (Å²) in [6.07, 6.45) is 67.5. The van der Waals surface area contributed by atoms with Crippen molar-refractivity contribution in [2.75, 3.05) is 47.5 Å². The zero-order chi connectivity index (χ0) is 54.9. The molecule has 2 unspecified atom stereocenters. The number of hydrogen-bond donors (Lipinski definition) is 0. The summed E-state index contributed by atoms with van der Waals surface area (Å²) in [5, 5.41) is 0. The van der Waals surface area contributed by atoms with E-state index in [1.807, 2.05) is 21.1 Å². The monoisotopic (exact) mass is 1080 g/mol. The number of likely N-dealkylation sites (N-methyl/N-ethyl adjacent to an activating group) is 1. The van der Waals surface area contributed by atoms with Gasteiger partial charge in [0.05, 0.1) is 27.7 Å². The Morgan fingerprint density at radius 1 is 0.360 bits per heavy atom. The van der Waals surface area contributed by atoms with Crippen LogP contribution in [0.3, 0.4) is 0 Å². The first-order valence-corrected chi connectivity index (χ1v) is 34.7. The summed E-state index contributed by atoms with van der Waals surface area (Å²) in [6, 6.07) is 0. The molecule has 0 spiro atoms. The van der Waals surface area contributed by atoms with Crippen LogP contribution in [0.4, 0.5) is 0 Å². The SMILES string of the molecule is CCCCCCCCCCCCCCCCCCCCCCCCCCCCCCCCCCC(=O)OC(COC(=O)CCCCCCCCCCCCCCCCCCCCC)COP(=O)([O-])OCC[N+](C)(C)C. The smallest absolute Gasteiger partial charge is 0.306 e. The van der Waals surface area contributed by atoms with E-state index >= 15 is 0 Å². The number of ether oxygens (including phenoxy) is 2. The van der Waals surface area contributed by atoms with Crippen LogP contribution in [0.1, 0.15) is 354 Å². The van der Waals surface area contributed by atoms with Crippen molar-refractivity contribution >= 4 is 19.8 Å². The Hall–Kier alpha value is -0.990. The molecule has 0 saturated carbocycles. The molecule has 0 aliphatic carbocycles. The summed E-state index contributed by atoms with van der Waals surface area (Å²) in [5.74, 6) is -0.806. The van der Waals surface area contributed by atoms with Gasteiger partial charge in [0.25, 0.3) is 7.82 Å². The maximum absolute atomic E-state index is 12.8. The molecule has 10 heteroatoms. The van der Waals surface area contributed by atoms with E-state index < -0.39 is 26.5 Å². The second-order valence-corrected chi connectivity index (χ2v) is 25.6. The Morgan fingerprint density at radius 2 is 0.600 bits per heavy atom. The number of unbranched alkanes of at least 4 members (excludes halogenated alkanes) is 49. The summed E-state index contributed by atoms with van der Waals surface area (Å²) < 4.78 is 34.3. The molecule has 2 atom stereocenters. The Balaban J connectivity index is 3.96. The van der Waals surface area contributed by atoms with Gasteiger partial charge in [-0.15, -0.1) is 0 Å². The van der Waals surface area contributed by atoms with Gasteiger partial charge in [0, 0.05) is 12.8 Å². The first kappa shape index (κ1) is 74.0. The molecule has 0 saturated heterocycles. The Morgan fingerprint density at radius 3 is 0.853 bits per heavy atom. The number of carbonyl (C=O) groups excluding carboxylic acids is 2. The molecule has 0 radical (unpaired) electrons. The van der Waals surface area contributed by atoms with E-state index in [2.05, 4.69) is 13.8 Å². The van der Waals surface area contributed by atoms with Gasteiger partial charge in [-0.1, -0.05) is 328 Å². The first-order chi connectivity index (χ1) is 36.5. The van der Waals surface area contributed by atoms with Crippen LogP contribution in [-0.4, -0.2) is 70.0 Å². The number of rotatable bonds is 63. The van der Waals surface area contributed by atoms with Gasteiger partial charge in [-0.25, -0.2) is 0 Å². The summed E-state index contributed by atoms with van der Waals surface area (Å²) in [6.45, 7) is 4.33. The Labute approximate surface area is 467 Å². The molecule has 0 aliphatic rings. The minimum Gasteiger partial charge on any atom is -0.756 e. The van der Waals surface area contributed by atoms with Gasteiger partial charge in [-0.3, -0.25) is 14.2 Å². The molecule has 0 fully saturated rings. The summed E-state index contributed by atoms with van der Waals surface area (Å²) in [7, 11) is 1.19. The zero-order valence-electron chi connectivity index (χ0n) is 51.0. The molecule has 9 nitrogen and oxygen atoms in total. The minimum absolute atomic E-state index is 0.0249. The molecule has 0 aliphatic heterocycles. The molecule has 0 amide bonds. The lowest BCUT2D eigenvalue weighted by Gasteiger charge is -2.28. The fourth-order valence-electron chi connectivity index (χ4n) is 10.3. The van der Waals surface area contributed by atoms with Crippen molar-refractivity contribution in [1.29, 1.82) is 0 Å². The molecule has 75 heavy (non-hydrogen) atoms. The molecule has 0 aromatic heterocycles. The Bertz CT molecular complexity index is 1230. The van der Waals surface area contributed by atoms with Crippen LogP contribution in [0, 0.1) is 0 Å². The number of carbonyl (C=O) groups is 2. The number of quaternary nitrogens is 1. The highest BCUT2D eigenvalue weighted by molar-refractivity contribution is 7.45. The second kappa shape index (κ2) is 57.7. The number of esters is 2. The van der Waals surface area contributed by atoms with Crippen LogP contribution in [0.15, 0.2) is 0 Å². The molecule has 0 heterocycles. The van der Waals surface area contributed by atoms with Crippen LogP contribution >= 0.6 is 7.82 Å². The van der Waals surface area contributed by atoms with Gasteiger partial charge >= 0.3 is 11.9 Å². The van der Waals surface area contributed by atoms with Crippen LogP contribution in [-0.2, 0) is 32.7 Å². The highest BCUT2D eigenvalue weighted by Gasteiger charge is 2.22. The molecule has 0 rings (SSSR count). The van der Waals surface area contributed by atoms with E-state index in [9.17, 15) is 19.0 Å².